The molecular formula is C11H21Cl3O2Sn. The molecule has 0 aliphatic rings. The molecule has 0 radical (unpaired) electrons. The van der Waals surface area contributed by atoms with Crippen molar-refractivity contribution in [3.05, 3.63) is 0 Å². The first kappa shape index (κ1) is 18.1. The average Bonchev–Trinajstić information content (AvgIpc) is 2.17. The second kappa shape index (κ2) is 8.34. The van der Waals surface area contributed by atoms with Crippen molar-refractivity contribution in [1.29, 1.82) is 0 Å². The van der Waals surface area contributed by atoms with Gasteiger partial charge in [-0.15, -0.1) is 0 Å². The van der Waals surface area contributed by atoms with Gasteiger partial charge in [-0.3, -0.25) is 0 Å². The van der Waals surface area contributed by atoms with Crippen LogP contribution in [0.5, 0.6) is 0 Å². The summed E-state index contributed by atoms with van der Waals surface area (Å²) in [7, 11) is 0. The summed E-state index contributed by atoms with van der Waals surface area (Å²) in [6.07, 6.45) is 3.09. The van der Waals surface area contributed by atoms with Gasteiger partial charge in [0, 0.05) is 0 Å². The van der Waals surface area contributed by atoms with E-state index in [0.717, 1.165) is 32.6 Å². The van der Waals surface area contributed by atoms with Gasteiger partial charge in [0.05, 0.1) is 0 Å². The molecule has 2 nitrogen and oxygen atoms in total. The number of halogens is 3. The summed E-state index contributed by atoms with van der Waals surface area (Å²) in [5.41, 5.74) is 0. The Labute approximate surface area is 124 Å². The summed E-state index contributed by atoms with van der Waals surface area (Å²) in [6, 6.07) is 0. The van der Waals surface area contributed by atoms with Gasteiger partial charge in [0.15, 0.2) is 0 Å². The molecule has 0 N–H and O–H groups in total. The molecule has 0 saturated carbocycles. The number of carbonyl (C=O) groups is 1. The van der Waals surface area contributed by atoms with Crippen molar-refractivity contribution >= 4 is 59.6 Å². The number of hydrogen-bond acceptors (Lipinski definition) is 2. The second-order valence-corrected chi connectivity index (χ2v) is 18.2. The van der Waals surface area contributed by atoms with E-state index in [1.54, 1.807) is 0 Å². The van der Waals surface area contributed by atoms with Gasteiger partial charge in [-0.2, -0.15) is 0 Å². The van der Waals surface area contributed by atoms with Crippen LogP contribution in [-0.4, -0.2) is 28.6 Å². The van der Waals surface area contributed by atoms with E-state index >= 15 is 0 Å². The first-order valence-corrected chi connectivity index (χ1v) is 14.5. The molecule has 0 aromatic rings. The summed E-state index contributed by atoms with van der Waals surface area (Å²) in [5.74, 6) is -0.673. The van der Waals surface area contributed by atoms with Gasteiger partial charge >= 0.3 is 125 Å². The molecule has 102 valence electrons. The van der Waals surface area contributed by atoms with Gasteiger partial charge in [-0.05, 0) is 0 Å². The zero-order chi connectivity index (χ0) is 13.5. The average molecular weight is 410 g/mol. The molecule has 0 unspecified atom stereocenters. The SMILES string of the molecule is CC[CH2][Sn]([CH2]CC)([CH2]CC)[O]C(=O)C(Cl)(Cl)Cl. The Morgan fingerprint density at radius 1 is 1.00 bits per heavy atom. The Morgan fingerprint density at radius 2 is 1.35 bits per heavy atom. The van der Waals surface area contributed by atoms with Crippen molar-refractivity contribution in [2.24, 2.45) is 0 Å². The molecule has 0 atom stereocenters. The van der Waals surface area contributed by atoms with Crippen LogP contribution in [0.2, 0.25) is 13.3 Å². The topological polar surface area (TPSA) is 26.3 Å². The summed E-state index contributed by atoms with van der Waals surface area (Å²) in [5, 5.41) is 0. The first-order valence-electron chi connectivity index (χ1n) is 6.11. The minimum absolute atomic E-state index is 0.673. The van der Waals surface area contributed by atoms with Gasteiger partial charge in [-0.1, -0.05) is 0 Å². The van der Waals surface area contributed by atoms with Crippen LogP contribution in [0.15, 0.2) is 0 Å². The van der Waals surface area contributed by atoms with Crippen LogP contribution in [0.3, 0.4) is 0 Å². The molecule has 0 aromatic heterocycles. The van der Waals surface area contributed by atoms with E-state index in [-0.39, 0.29) is 0 Å². The maximum absolute atomic E-state index is 11.7. The third-order valence-electron chi connectivity index (χ3n) is 2.66. The zero-order valence-electron chi connectivity index (χ0n) is 10.7. The zero-order valence-corrected chi connectivity index (χ0v) is 15.8. The quantitative estimate of drug-likeness (QED) is 0.433. The van der Waals surface area contributed by atoms with Crippen LogP contribution in [0, 0.1) is 0 Å². The third kappa shape index (κ3) is 6.74. The van der Waals surface area contributed by atoms with Crippen molar-refractivity contribution in [2.45, 2.75) is 57.1 Å². The van der Waals surface area contributed by atoms with E-state index in [9.17, 15) is 4.79 Å². The monoisotopic (exact) mass is 410 g/mol. The molecule has 17 heavy (non-hydrogen) atoms. The molecule has 6 heteroatoms. The van der Waals surface area contributed by atoms with E-state index in [1.807, 2.05) is 0 Å². The summed E-state index contributed by atoms with van der Waals surface area (Å²) in [6.45, 7) is 6.33. The third-order valence-corrected chi connectivity index (χ3v) is 17.0. The summed E-state index contributed by atoms with van der Waals surface area (Å²) in [4.78, 5) is 11.7. The van der Waals surface area contributed by atoms with Gasteiger partial charge in [-0.25, -0.2) is 0 Å². The fraction of sp³-hybridized carbons (Fsp3) is 0.909. The fourth-order valence-electron chi connectivity index (χ4n) is 2.15. The van der Waals surface area contributed by atoms with Crippen molar-refractivity contribution in [2.75, 3.05) is 0 Å². The Morgan fingerprint density at radius 3 is 1.59 bits per heavy atom. The Balaban J connectivity index is 4.82. The summed E-state index contributed by atoms with van der Waals surface area (Å²) >= 11 is 13.9. The van der Waals surface area contributed by atoms with Crippen LogP contribution < -0.4 is 0 Å². The molecule has 0 fully saturated rings. The fourth-order valence-corrected chi connectivity index (χ4v) is 15.2. The van der Waals surface area contributed by atoms with E-state index in [2.05, 4.69) is 20.8 Å². The Kier molecular flexibility index (Phi) is 8.90. The van der Waals surface area contributed by atoms with Gasteiger partial charge < -0.3 is 0 Å². The van der Waals surface area contributed by atoms with Crippen molar-refractivity contribution < 1.29 is 7.87 Å². The number of carbonyl (C=O) groups excluding carboxylic acids is 1. The molecule has 0 amide bonds. The van der Waals surface area contributed by atoms with Crippen molar-refractivity contribution in [3.8, 4) is 0 Å². The maximum atomic E-state index is 11.7. The van der Waals surface area contributed by atoms with E-state index in [4.69, 9.17) is 37.9 Å². The van der Waals surface area contributed by atoms with Crippen LogP contribution in [0.1, 0.15) is 40.0 Å². The molecule has 0 bridgehead atoms. The number of alkyl halides is 3. The molecule has 0 saturated heterocycles. The standard InChI is InChI=1S/3C3H7.C2HCl3O2.Sn/c3*1-3-2;3-2(4,5)1(6)7;/h3*1,3H2,2H3;(H,6,7);/q;;;;+1/p-1. The predicted molar refractivity (Wildman–Crippen MR) is 77.4 cm³/mol. The van der Waals surface area contributed by atoms with Crippen molar-refractivity contribution in [3.63, 3.8) is 0 Å². The van der Waals surface area contributed by atoms with E-state index in [1.165, 1.54) is 0 Å². The van der Waals surface area contributed by atoms with Gasteiger partial charge in [0.25, 0.3) is 0 Å². The van der Waals surface area contributed by atoms with Crippen LogP contribution >= 0.6 is 34.8 Å². The predicted octanol–water partition coefficient (Wildman–Crippen LogP) is 5.08. The van der Waals surface area contributed by atoms with Gasteiger partial charge in [0.1, 0.15) is 0 Å². The molecule has 0 aromatic carbocycles. The summed E-state index contributed by atoms with van der Waals surface area (Å²) < 4.78 is 6.82. The van der Waals surface area contributed by atoms with Crippen LogP contribution in [0.4, 0.5) is 0 Å². The normalized spacial score (nSPS) is 12.6. The van der Waals surface area contributed by atoms with E-state index < -0.39 is 28.6 Å². The first-order chi connectivity index (χ1) is 7.81. The van der Waals surface area contributed by atoms with Crippen molar-refractivity contribution in [1.82, 2.24) is 0 Å². The molecule has 0 aliphatic carbocycles. The molecule has 0 rings (SSSR count). The second-order valence-electron chi connectivity index (χ2n) is 4.32. The molecule has 0 heterocycles. The minimum atomic E-state index is -2.89. The van der Waals surface area contributed by atoms with Crippen LogP contribution in [0.25, 0.3) is 0 Å². The molecular weight excluding hydrogens is 389 g/mol. The van der Waals surface area contributed by atoms with Crippen LogP contribution in [-0.2, 0) is 7.87 Å². The van der Waals surface area contributed by atoms with E-state index in [0.29, 0.717) is 0 Å². The number of rotatable bonds is 7. The molecule has 0 aliphatic heterocycles. The Bertz CT molecular complexity index is 224. The number of hydrogen-bond donors (Lipinski definition) is 0. The van der Waals surface area contributed by atoms with Gasteiger partial charge in [0.2, 0.25) is 0 Å². The Hall–Kier alpha value is 1.14. The molecule has 0 spiro atoms.